The van der Waals surface area contributed by atoms with Gasteiger partial charge in [-0.25, -0.2) is 4.99 Å². The summed E-state index contributed by atoms with van der Waals surface area (Å²) in [6.45, 7) is 11.5. The van der Waals surface area contributed by atoms with E-state index in [1.807, 2.05) is 24.1 Å². The van der Waals surface area contributed by atoms with Gasteiger partial charge in [-0.3, -0.25) is 9.58 Å². The van der Waals surface area contributed by atoms with Crippen molar-refractivity contribution in [2.24, 2.45) is 12.0 Å². The van der Waals surface area contributed by atoms with Gasteiger partial charge in [0.1, 0.15) is 0 Å². The van der Waals surface area contributed by atoms with Gasteiger partial charge in [-0.05, 0) is 46.7 Å². The van der Waals surface area contributed by atoms with E-state index >= 15 is 0 Å². The highest BCUT2D eigenvalue weighted by Gasteiger charge is 2.27. The van der Waals surface area contributed by atoms with Crippen molar-refractivity contribution >= 4 is 5.96 Å². The van der Waals surface area contributed by atoms with Gasteiger partial charge in [0.25, 0.3) is 0 Å². The molecule has 0 bridgehead atoms. The molecule has 1 aromatic heterocycles. The van der Waals surface area contributed by atoms with Crippen LogP contribution < -0.4 is 10.6 Å². The lowest BCUT2D eigenvalue weighted by atomic mass is 9.98. The maximum atomic E-state index is 4.67. The maximum Gasteiger partial charge on any atom is 0.191 e. The molecule has 1 fully saturated rings. The lowest BCUT2D eigenvalue weighted by Crippen LogP contribution is -2.54. The molecule has 0 radical (unpaired) electrons. The molecule has 2 N–H and O–H groups in total. The Bertz CT molecular complexity index is 499. The summed E-state index contributed by atoms with van der Waals surface area (Å²) in [6.07, 6.45) is 7.88. The Morgan fingerprint density at radius 2 is 2.00 bits per heavy atom. The molecule has 0 amide bonds. The smallest absolute Gasteiger partial charge is 0.191 e. The summed E-state index contributed by atoms with van der Waals surface area (Å²) in [4.78, 5) is 7.26. The fourth-order valence-electron chi connectivity index (χ4n) is 2.98. The minimum Gasteiger partial charge on any atom is -0.357 e. The Kier molecular flexibility index (Phi) is 6.45. The number of rotatable bonds is 6. The summed E-state index contributed by atoms with van der Waals surface area (Å²) in [5.41, 5.74) is 1.27. The van der Waals surface area contributed by atoms with Crippen LogP contribution in [0.25, 0.3) is 0 Å². The normalized spacial score (nSPS) is 17.3. The van der Waals surface area contributed by atoms with Crippen LogP contribution in [0.2, 0.25) is 0 Å². The van der Waals surface area contributed by atoms with Gasteiger partial charge in [0.2, 0.25) is 0 Å². The molecule has 0 atom stereocenters. The zero-order chi connectivity index (χ0) is 16.7. The number of aryl methyl sites for hydroxylation is 1. The van der Waals surface area contributed by atoms with E-state index in [2.05, 4.69) is 46.4 Å². The van der Waals surface area contributed by atoms with Crippen molar-refractivity contribution in [1.82, 2.24) is 25.3 Å². The molecule has 0 saturated carbocycles. The second-order valence-corrected chi connectivity index (χ2v) is 6.93. The second-order valence-electron chi connectivity index (χ2n) is 6.93. The Morgan fingerprint density at radius 1 is 1.26 bits per heavy atom. The molecule has 1 aromatic rings. The largest absolute Gasteiger partial charge is 0.357 e. The molecular weight excluding hydrogens is 288 g/mol. The molecule has 6 heteroatoms. The number of nitrogens with zero attached hydrogens (tertiary/aromatic N) is 4. The monoisotopic (exact) mass is 320 g/mol. The van der Waals surface area contributed by atoms with Gasteiger partial charge in [-0.1, -0.05) is 6.42 Å². The van der Waals surface area contributed by atoms with Crippen molar-refractivity contribution in [1.29, 1.82) is 0 Å². The molecule has 2 heterocycles. The van der Waals surface area contributed by atoms with Crippen molar-refractivity contribution < 1.29 is 0 Å². The summed E-state index contributed by atoms with van der Waals surface area (Å²) in [7, 11) is 1.93. The average Bonchev–Trinajstić information content (AvgIpc) is 2.96. The van der Waals surface area contributed by atoms with Crippen LogP contribution in [-0.4, -0.2) is 52.4 Å². The molecule has 1 saturated heterocycles. The molecule has 0 aromatic carbocycles. The van der Waals surface area contributed by atoms with Crippen molar-refractivity contribution in [3.05, 3.63) is 18.0 Å². The summed E-state index contributed by atoms with van der Waals surface area (Å²) in [5, 5.41) is 11.0. The zero-order valence-corrected chi connectivity index (χ0v) is 15.1. The van der Waals surface area contributed by atoms with Crippen LogP contribution in [0.15, 0.2) is 17.4 Å². The van der Waals surface area contributed by atoms with Crippen LogP contribution in [0.1, 0.15) is 45.6 Å². The van der Waals surface area contributed by atoms with Gasteiger partial charge in [0.05, 0.1) is 12.7 Å². The first-order valence-electron chi connectivity index (χ1n) is 8.76. The summed E-state index contributed by atoms with van der Waals surface area (Å²) in [5.74, 6) is 0.876. The second kappa shape index (κ2) is 8.34. The average molecular weight is 320 g/mol. The van der Waals surface area contributed by atoms with Gasteiger partial charge < -0.3 is 10.6 Å². The molecule has 6 nitrogen and oxygen atoms in total. The lowest BCUT2D eigenvalue weighted by Gasteiger charge is -2.41. The highest BCUT2D eigenvalue weighted by Crippen LogP contribution is 2.19. The Hall–Kier alpha value is -1.56. The van der Waals surface area contributed by atoms with Gasteiger partial charge in [-0.15, -0.1) is 0 Å². The summed E-state index contributed by atoms with van der Waals surface area (Å²) in [6, 6.07) is 0. The molecular formula is C17H32N6. The first-order valence-corrected chi connectivity index (χ1v) is 8.76. The fraction of sp³-hybridized carbons (Fsp3) is 0.765. The molecule has 2 rings (SSSR count). The molecule has 0 unspecified atom stereocenters. The first kappa shape index (κ1) is 17.8. The molecule has 0 aliphatic carbocycles. The lowest BCUT2D eigenvalue weighted by molar-refractivity contribution is 0.0982. The molecule has 1 aliphatic rings. The van der Waals surface area contributed by atoms with Crippen molar-refractivity contribution in [3.8, 4) is 0 Å². The number of nitrogens with one attached hydrogen (secondary N) is 2. The summed E-state index contributed by atoms with van der Waals surface area (Å²) >= 11 is 0. The predicted octanol–water partition coefficient (Wildman–Crippen LogP) is 1.74. The van der Waals surface area contributed by atoms with Gasteiger partial charge in [0.15, 0.2) is 5.96 Å². The standard InChI is InChI=1S/C17H32N6/c1-5-18-16(19-11-15-12-21-22(4)13-15)20-14-17(2,3)23-9-7-6-8-10-23/h12-13H,5-11,14H2,1-4H3,(H2,18,19,20). The Labute approximate surface area is 140 Å². The molecule has 0 spiro atoms. The Morgan fingerprint density at radius 3 is 2.61 bits per heavy atom. The van der Waals surface area contributed by atoms with Crippen molar-refractivity contribution in [2.45, 2.75) is 52.1 Å². The van der Waals surface area contributed by atoms with E-state index in [4.69, 9.17) is 0 Å². The first-order chi connectivity index (χ1) is 11.0. The number of aromatic nitrogens is 2. The number of hydrogen-bond acceptors (Lipinski definition) is 3. The van der Waals surface area contributed by atoms with E-state index < -0.39 is 0 Å². The van der Waals surface area contributed by atoms with Crippen molar-refractivity contribution in [2.75, 3.05) is 26.2 Å². The zero-order valence-electron chi connectivity index (χ0n) is 15.1. The molecule has 1 aliphatic heterocycles. The highest BCUT2D eigenvalue weighted by molar-refractivity contribution is 5.79. The molecule has 130 valence electrons. The minimum absolute atomic E-state index is 0.144. The number of aliphatic imine (C=N–C) groups is 1. The van der Waals surface area contributed by atoms with Gasteiger partial charge in [0, 0.05) is 37.4 Å². The van der Waals surface area contributed by atoms with E-state index in [9.17, 15) is 0 Å². The number of likely N-dealkylation sites (tertiary alicyclic amines) is 1. The maximum absolute atomic E-state index is 4.67. The highest BCUT2D eigenvalue weighted by atomic mass is 15.3. The van der Waals surface area contributed by atoms with E-state index in [-0.39, 0.29) is 5.54 Å². The van der Waals surface area contributed by atoms with E-state index in [0.717, 1.165) is 24.6 Å². The number of piperidine rings is 1. The van der Waals surface area contributed by atoms with E-state index in [1.165, 1.54) is 32.4 Å². The van der Waals surface area contributed by atoms with Crippen LogP contribution in [0, 0.1) is 0 Å². The third-order valence-corrected chi connectivity index (χ3v) is 4.42. The van der Waals surface area contributed by atoms with Crippen LogP contribution in [-0.2, 0) is 13.6 Å². The third kappa shape index (κ3) is 5.53. The van der Waals surface area contributed by atoms with Crippen molar-refractivity contribution in [3.63, 3.8) is 0 Å². The van der Waals surface area contributed by atoms with Crippen LogP contribution in [0.3, 0.4) is 0 Å². The summed E-state index contributed by atoms with van der Waals surface area (Å²) < 4.78 is 1.81. The minimum atomic E-state index is 0.144. The Balaban J connectivity index is 1.90. The van der Waals surface area contributed by atoms with E-state index in [0.29, 0.717) is 6.54 Å². The quantitative estimate of drug-likeness (QED) is 0.619. The SMILES string of the molecule is CCNC(=NCc1cnn(C)c1)NCC(C)(C)N1CCCCC1. The topological polar surface area (TPSA) is 57.5 Å². The van der Waals surface area contributed by atoms with Crippen LogP contribution >= 0.6 is 0 Å². The number of guanidine groups is 1. The van der Waals surface area contributed by atoms with Crippen LogP contribution in [0.4, 0.5) is 0 Å². The van der Waals surface area contributed by atoms with Gasteiger partial charge >= 0.3 is 0 Å². The molecule has 23 heavy (non-hydrogen) atoms. The third-order valence-electron chi connectivity index (χ3n) is 4.42. The number of hydrogen-bond donors (Lipinski definition) is 2. The van der Waals surface area contributed by atoms with Crippen LogP contribution in [0.5, 0.6) is 0 Å². The predicted molar refractivity (Wildman–Crippen MR) is 95.5 cm³/mol. The van der Waals surface area contributed by atoms with Gasteiger partial charge in [-0.2, -0.15) is 5.10 Å². The van der Waals surface area contributed by atoms with E-state index in [1.54, 1.807) is 0 Å². The fourth-order valence-corrected chi connectivity index (χ4v) is 2.98.